The highest BCUT2D eigenvalue weighted by Crippen LogP contribution is 2.19. The van der Waals surface area contributed by atoms with E-state index in [1.807, 2.05) is 0 Å². The number of hydrogen-bond donors (Lipinski definition) is 1. The summed E-state index contributed by atoms with van der Waals surface area (Å²) in [4.78, 5) is 4.83. The molecular weight excluding hydrogens is 255 g/mol. The van der Waals surface area contributed by atoms with Gasteiger partial charge in [-0.1, -0.05) is 19.1 Å². The van der Waals surface area contributed by atoms with Crippen LogP contribution in [-0.2, 0) is 0 Å². The molecule has 0 aliphatic carbocycles. The lowest BCUT2D eigenvalue weighted by atomic mass is 10.1. The van der Waals surface area contributed by atoms with Crippen molar-refractivity contribution in [1.29, 1.82) is 0 Å². The van der Waals surface area contributed by atoms with Gasteiger partial charge in [-0.15, -0.1) is 0 Å². The average molecular weight is 280 g/mol. The Morgan fingerprint density at radius 2 is 2.00 bits per heavy atom. The molecule has 2 rings (SSSR count). The fourth-order valence-corrected chi connectivity index (χ4v) is 2.81. The summed E-state index contributed by atoms with van der Waals surface area (Å²) in [6, 6.07) is 6.76. The van der Waals surface area contributed by atoms with Gasteiger partial charge in [0.25, 0.3) is 0 Å². The van der Waals surface area contributed by atoms with Gasteiger partial charge in [0.2, 0.25) is 0 Å². The summed E-state index contributed by atoms with van der Waals surface area (Å²) in [6.45, 7) is 6.33. The van der Waals surface area contributed by atoms with Crippen molar-refractivity contribution in [3.05, 3.63) is 35.6 Å². The van der Waals surface area contributed by atoms with E-state index in [4.69, 9.17) is 0 Å². The zero-order chi connectivity index (χ0) is 14.5. The number of benzene rings is 1. The zero-order valence-electron chi connectivity index (χ0n) is 12.4. The minimum atomic E-state index is -0.504. The van der Waals surface area contributed by atoms with Crippen molar-refractivity contribution in [3.8, 4) is 0 Å². The summed E-state index contributed by atoms with van der Waals surface area (Å²) in [5.41, 5.74) is 0.799. The van der Waals surface area contributed by atoms with E-state index < -0.39 is 6.10 Å². The van der Waals surface area contributed by atoms with Crippen LogP contribution in [0.3, 0.4) is 0 Å². The van der Waals surface area contributed by atoms with Gasteiger partial charge in [0.1, 0.15) is 5.82 Å². The quantitative estimate of drug-likeness (QED) is 0.896. The van der Waals surface area contributed by atoms with Gasteiger partial charge in [-0.05, 0) is 37.6 Å². The molecule has 0 radical (unpaired) electrons. The Bertz CT molecular complexity index is 409. The Labute approximate surface area is 121 Å². The molecule has 0 aromatic heterocycles. The van der Waals surface area contributed by atoms with E-state index in [2.05, 4.69) is 23.8 Å². The fraction of sp³-hybridized carbons (Fsp3) is 0.625. The first-order chi connectivity index (χ1) is 9.60. The molecule has 0 bridgehead atoms. The first-order valence-electron chi connectivity index (χ1n) is 7.46. The van der Waals surface area contributed by atoms with Crippen molar-refractivity contribution < 1.29 is 9.50 Å². The summed E-state index contributed by atoms with van der Waals surface area (Å²) in [6.07, 6.45) is 1.36. The van der Waals surface area contributed by atoms with Gasteiger partial charge in [0.05, 0.1) is 6.10 Å². The van der Waals surface area contributed by atoms with Gasteiger partial charge in [-0.3, -0.25) is 0 Å². The molecule has 112 valence electrons. The lowest BCUT2D eigenvalue weighted by Gasteiger charge is -2.39. The van der Waals surface area contributed by atoms with Gasteiger partial charge in [0.15, 0.2) is 0 Å². The number of likely N-dealkylation sites (N-methyl/N-ethyl adjacent to an activating group) is 1. The van der Waals surface area contributed by atoms with E-state index in [9.17, 15) is 9.50 Å². The SMILES string of the molecule is CCC1CN(CCC(O)c2ccc(F)cc2)CCN1C. The van der Waals surface area contributed by atoms with Crippen molar-refractivity contribution in [2.45, 2.75) is 31.9 Å². The molecule has 1 aromatic carbocycles. The monoisotopic (exact) mass is 280 g/mol. The lowest BCUT2D eigenvalue weighted by Crippen LogP contribution is -2.51. The van der Waals surface area contributed by atoms with Crippen LogP contribution in [0, 0.1) is 5.82 Å². The van der Waals surface area contributed by atoms with Crippen LogP contribution in [0.1, 0.15) is 31.4 Å². The van der Waals surface area contributed by atoms with Crippen molar-refractivity contribution >= 4 is 0 Å². The maximum Gasteiger partial charge on any atom is 0.123 e. The summed E-state index contributed by atoms with van der Waals surface area (Å²) in [5.74, 6) is -0.259. The average Bonchev–Trinajstić information content (AvgIpc) is 2.46. The number of piperazine rings is 1. The van der Waals surface area contributed by atoms with E-state index >= 15 is 0 Å². The number of halogens is 1. The molecule has 2 atom stereocenters. The largest absolute Gasteiger partial charge is 0.388 e. The molecule has 0 saturated carbocycles. The standard InChI is InChI=1S/C16H25FN2O/c1-3-15-12-19(11-10-18(15)2)9-8-16(20)13-4-6-14(17)7-5-13/h4-7,15-16,20H,3,8-12H2,1-2H3. The third-order valence-corrected chi connectivity index (χ3v) is 4.31. The van der Waals surface area contributed by atoms with Gasteiger partial charge in [0, 0.05) is 32.2 Å². The van der Waals surface area contributed by atoms with Gasteiger partial charge in [-0.2, -0.15) is 0 Å². The smallest absolute Gasteiger partial charge is 0.123 e. The minimum Gasteiger partial charge on any atom is -0.388 e. The molecule has 1 saturated heterocycles. The van der Waals surface area contributed by atoms with E-state index in [1.54, 1.807) is 12.1 Å². The van der Waals surface area contributed by atoms with Crippen LogP contribution >= 0.6 is 0 Å². The van der Waals surface area contributed by atoms with Crippen LogP contribution in [-0.4, -0.2) is 54.2 Å². The van der Waals surface area contributed by atoms with Crippen molar-refractivity contribution in [2.75, 3.05) is 33.2 Å². The third-order valence-electron chi connectivity index (χ3n) is 4.31. The van der Waals surface area contributed by atoms with Gasteiger partial charge >= 0.3 is 0 Å². The van der Waals surface area contributed by atoms with Crippen LogP contribution in [0.25, 0.3) is 0 Å². The molecule has 1 aliphatic heterocycles. The molecule has 1 fully saturated rings. The molecule has 0 amide bonds. The van der Waals surface area contributed by atoms with E-state index in [-0.39, 0.29) is 5.82 Å². The Morgan fingerprint density at radius 1 is 1.30 bits per heavy atom. The predicted molar refractivity (Wildman–Crippen MR) is 79.1 cm³/mol. The number of hydrogen-bond acceptors (Lipinski definition) is 3. The molecular formula is C16H25FN2O. The van der Waals surface area contributed by atoms with Gasteiger partial charge in [-0.25, -0.2) is 4.39 Å². The highest BCUT2D eigenvalue weighted by Gasteiger charge is 2.23. The normalized spacial score (nSPS) is 22.9. The lowest BCUT2D eigenvalue weighted by molar-refractivity contribution is 0.0754. The summed E-state index contributed by atoms with van der Waals surface area (Å²) >= 11 is 0. The number of aliphatic hydroxyl groups excluding tert-OH is 1. The van der Waals surface area contributed by atoms with E-state index in [1.165, 1.54) is 12.1 Å². The van der Waals surface area contributed by atoms with Crippen LogP contribution in [0.4, 0.5) is 4.39 Å². The zero-order valence-corrected chi connectivity index (χ0v) is 12.4. The molecule has 3 nitrogen and oxygen atoms in total. The van der Waals surface area contributed by atoms with Crippen LogP contribution in [0.15, 0.2) is 24.3 Å². The maximum atomic E-state index is 12.9. The Hall–Kier alpha value is -0.970. The molecule has 1 N–H and O–H groups in total. The first-order valence-corrected chi connectivity index (χ1v) is 7.46. The van der Waals surface area contributed by atoms with Crippen molar-refractivity contribution in [1.82, 2.24) is 9.80 Å². The molecule has 2 unspecified atom stereocenters. The molecule has 1 heterocycles. The second kappa shape index (κ2) is 7.16. The van der Waals surface area contributed by atoms with Crippen molar-refractivity contribution in [2.24, 2.45) is 0 Å². The highest BCUT2D eigenvalue weighted by molar-refractivity contribution is 5.18. The van der Waals surface area contributed by atoms with E-state index in [0.717, 1.165) is 38.2 Å². The van der Waals surface area contributed by atoms with Gasteiger partial charge < -0.3 is 14.9 Å². The summed E-state index contributed by atoms with van der Waals surface area (Å²) in [7, 11) is 2.18. The van der Waals surface area contributed by atoms with Crippen LogP contribution in [0.5, 0.6) is 0 Å². The topological polar surface area (TPSA) is 26.7 Å². The first kappa shape index (κ1) is 15.4. The Morgan fingerprint density at radius 3 is 2.65 bits per heavy atom. The number of aliphatic hydroxyl groups is 1. The molecule has 4 heteroatoms. The number of nitrogens with zero attached hydrogens (tertiary/aromatic N) is 2. The third kappa shape index (κ3) is 4.01. The Balaban J connectivity index is 1.81. The minimum absolute atomic E-state index is 0.259. The Kier molecular flexibility index (Phi) is 5.52. The second-order valence-electron chi connectivity index (χ2n) is 5.70. The van der Waals surface area contributed by atoms with E-state index in [0.29, 0.717) is 12.5 Å². The second-order valence-corrected chi connectivity index (χ2v) is 5.70. The summed E-state index contributed by atoms with van der Waals surface area (Å²) < 4.78 is 12.9. The summed E-state index contributed by atoms with van der Waals surface area (Å²) in [5, 5.41) is 10.2. The van der Waals surface area contributed by atoms with Crippen molar-refractivity contribution in [3.63, 3.8) is 0 Å². The highest BCUT2D eigenvalue weighted by atomic mass is 19.1. The molecule has 1 aromatic rings. The number of rotatable bonds is 5. The molecule has 20 heavy (non-hydrogen) atoms. The van der Waals surface area contributed by atoms with Crippen LogP contribution in [0.2, 0.25) is 0 Å². The van der Waals surface area contributed by atoms with Crippen LogP contribution < -0.4 is 0 Å². The maximum absolute atomic E-state index is 12.9. The molecule has 1 aliphatic rings. The fourth-order valence-electron chi connectivity index (χ4n) is 2.81. The predicted octanol–water partition coefficient (Wildman–Crippen LogP) is 2.28. The molecule has 0 spiro atoms.